The summed E-state index contributed by atoms with van der Waals surface area (Å²) in [6, 6.07) is 5.15. The number of hydrogen-bond acceptors (Lipinski definition) is 3. The number of carbonyl (C=O) groups excluding carboxylic acids is 3. The summed E-state index contributed by atoms with van der Waals surface area (Å²) in [4.78, 5) is 36.1. The highest BCUT2D eigenvalue weighted by Crippen LogP contribution is 2.15. The molecule has 1 saturated heterocycles. The lowest BCUT2D eigenvalue weighted by Gasteiger charge is -2.27. The van der Waals surface area contributed by atoms with Gasteiger partial charge in [0.1, 0.15) is 0 Å². The number of quaternary nitrogens is 1. The van der Waals surface area contributed by atoms with Gasteiger partial charge in [-0.3, -0.25) is 14.9 Å². The van der Waals surface area contributed by atoms with Gasteiger partial charge in [-0.25, -0.2) is 4.79 Å². The SMILES string of the molecule is Cc1ccc(NC(=O)NC(=O)C[NH+]2CCC(C(N)=O)CC2)c(C)c1. The summed E-state index contributed by atoms with van der Waals surface area (Å²) in [5, 5.41) is 5.04. The molecule has 5 N–H and O–H groups in total. The molecule has 0 aromatic heterocycles. The molecule has 1 fully saturated rings. The molecule has 7 heteroatoms. The summed E-state index contributed by atoms with van der Waals surface area (Å²) in [5.41, 5.74) is 8.03. The Hall–Kier alpha value is -2.41. The minimum atomic E-state index is -0.529. The molecule has 1 aromatic rings. The summed E-state index contributed by atoms with van der Waals surface area (Å²) >= 11 is 0. The van der Waals surface area contributed by atoms with E-state index in [4.69, 9.17) is 5.73 Å². The number of rotatable bonds is 4. The molecule has 2 rings (SSSR count). The minimum absolute atomic E-state index is 0.0929. The third kappa shape index (κ3) is 5.06. The number of nitrogens with two attached hydrogens (primary N) is 1. The molecule has 1 heterocycles. The quantitative estimate of drug-likeness (QED) is 0.609. The van der Waals surface area contributed by atoms with E-state index < -0.39 is 6.03 Å². The van der Waals surface area contributed by atoms with Crippen molar-refractivity contribution in [3.63, 3.8) is 0 Å². The van der Waals surface area contributed by atoms with Crippen LogP contribution < -0.4 is 21.3 Å². The maximum absolute atomic E-state index is 12.0. The molecule has 7 nitrogen and oxygen atoms in total. The predicted molar refractivity (Wildman–Crippen MR) is 90.6 cm³/mol. The number of carbonyl (C=O) groups is 3. The second kappa shape index (κ2) is 7.92. The fourth-order valence-corrected chi connectivity index (χ4v) is 2.99. The summed E-state index contributed by atoms with van der Waals surface area (Å²) in [6.45, 7) is 5.51. The molecule has 0 radical (unpaired) electrons. The Balaban J connectivity index is 1.78. The van der Waals surface area contributed by atoms with Gasteiger partial charge in [-0.1, -0.05) is 17.7 Å². The van der Waals surface area contributed by atoms with E-state index in [0.29, 0.717) is 31.6 Å². The van der Waals surface area contributed by atoms with Crippen LogP contribution in [0.2, 0.25) is 0 Å². The van der Waals surface area contributed by atoms with Gasteiger partial charge in [0, 0.05) is 24.4 Å². The molecular formula is C17H25N4O3+. The number of primary amides is 1. The van der Waals surface area contributed by atoms with Crippen molar-refractivity contribution in [3.05, 3.63) is 29.3 Å². The Bertz CT molecular complexity index is 637. The van der Waals surface area contributed by atoms with Crippen LogP contribution >= 0.6 is 0 Å². The van der Waals surface area contributed by atoms with Gasteiger partial charge < -0.3 is 16.0 Å². The average Bonchev–Trinajstić information content (AvgIpc) is 2.50. The van der Waals surface area contributed by atoms with Crippen LogP contribution in [0.25, 0.3) is 0 Å². The molecule has 0 unspecified atom stereocenters. The number of piperidine rings is 1. The zero-order valence-electron chi connectivity index (χ0n) is 14.1. The van der Waals surface area contributed by atoms with Gasteiger partial charge in [-0.2, -0.15) is 0 Å². The van der Waals surface area contributed by atoms with E-state index >= 15 is 0 Å². The zero-order chi connectivity index (χ0) is 17.7. The fraction of sp³-hybridized carbons (Fsp3) is 0.471. The standard InChI is InChI=1S/C17H24N4O3/c1-11-3-4-14(12(2)9-11)19-17(24)20-15(22)10-21-7-5-13(6-8-21)16(18)23/h3-4,9,13H,5-8,10H2,1-2H3,(H2,18,23)(H2,19,20,22,24)/p+1. The lowest BCUT2D eigenvalue weighted by Crippen LogP contribution is -3.14. The maximum Gasteiger partial charge on any atom is 0.326 e. The van der Waals surface area contributed by atoms with Gasteiger partial charge in [-0.15, -0.1) is 0 Å². The highest BCUT2D eigenvalue weighted by atomic mass is 16.2. The largest absolute Gasteiger partial charge is 0.369 e. The summed E-state index contributed by atoms with van der Waals surface area (Å²) in [5.74, 6) is -0.694. The first-order chi connectivity index (χ1) is 11.3. The first-order valence-electron chi connectivity index (χ1n) is 8.16. The third-order valence-corrected chi connectivity index (χ3v) is 4.39. The maximum atomic E-state index is 12.0. The van der Waals surface area contributed by atoms with Crippen LogP contribution in [0.4, 0.5) is 10.5 Å². The molecule has 1 aliphatic heterocycles. The molecule has 130 valence electrons. The number of urea groups is 1. The van der Waals surface area contributed by atoms with Crippen molar-refractivity contribution in [2.75, 3.05) is 25.0 Å². The van der Waals surface area contributed by atoms with Gasteiger partial charge >= 0.3 is 6.03 Å². The summed E-state index contributed by atoms with van der Waals surface area (Å²) in [7, 11) is 0. The third-order valence-electron chi connectivity index (χ3n) is 4.39. The molecule has 0 atom stereocenters. The lowest BCUT2D eigenvalue weighted by molar-refractivity contribution is -0.897. The van der Waals surface area contributed by atoms with Gasteiger partial charge in [0.25, 0.3) is 5.91 Å². The van der Waals surface area contributed by atoms with E-state index in [2.05, 4.69) is 10.6 Å². The number of benzene rings is 1. The van der Waals surface area contributed by atoms with Crippen LogP contribution in [0, 0.1) is 19.8 Å². The molecule has 24 heavy (non-hydrogen) atoms. The first-order valence-corrected chi connectivity index (χ1v) is 8.16. The van der Waals surface area contributed by atoms with E-state index in [1.54, 1.807) is 0 Å². The molecule has 0 saturated carbocycles. The van der Waals surface area contributed by atoms with Crippen molar-refractivity contribution in [1.29, 1.82) is 0 Å². The summed E-state index contributed by atoms with van der Waals surface area (Å²) < 4.78 is 0. The topological polar surface area (TPSA) is 106 Å². The number of nitrogens with one attached hydrogen (secondary N) is 3. The Morgan fingerprint density at radius 2 is 1.88 bits per heavy atom. The normalized spacial score (nSPS) is 20.2. The smallest absolute Gasteiger partial charge is 0.326 e. The highest BCUT2D eigenvalue weighted by Gasteiger charge is 2.27. The number of aryl methyl sites for hydroxylation is 2. The number of imide groups is 1. The molecule has 0 aliphatic carbocycles. The molecule has 0 bridgehead atoms. The van der Waals surface area contributed by atoms with E-state index in [0.717, 1.165) is 16.0 Å². The van der Waals surface area contributed by atoms with Crippen LogP contribution in [-0.4, -0.2) is 37.5 Å². The van der Waals surface area contributed by atoms with Crippen LogP contribution in [0.1, 0.15) is 24.0 Å². The Labute approximate surface area is 141 Å². The second-order valence-corrected chi connectivity index (χ2v) is 6.42. The average molecular weight is 333 g/mol. The van der Waals surface area contributed by atoms with Crippen LogP contribution in [0.3, 0.4) is 0 Å². The van der Waals surface area contributed by atoms with Crippen molar-refractivity contribution >= 4 is 23.5 Å². The molecule has 4 amide bonds. The monoisotopic (exact) mass is 333 g/mol. The van der Waals surface area contributed by atoms with Gasteiger partial charge in [-0.05, 0) is 25.5 Å². The van der Waals surface area contributed by atoms with Gasteiger partial charge in [0.2, 0.25) is 5.91 Å². The van der Waals surface area contributed by atoms with E-state index in [1.807, 2.05) is 32.0 Å². The zero-order valence-corrected chi connectivity index (χ0v) is 14.1. The van der Waals surface area contributed by atoms with Crippen LogP contribution in [-0.2, 0) is 9.59 Å². The number of hydrogen-bond donors (Lipinski definition) is 4. The summed E-state index contributed by atoms with van der Waals surface area (Å²) in [6.07, 6.45) is 1.37. The van der Waals surface area contributed by atoms with Gasteiger partial charge in [0.05, 0.1) is 13.1 Å². The Morgan fingerprint density at radius 1 is 1.21 bits per heavy atom. The first kappa shape index (κ1) is 17.9. The van der Waals surface area contributed by atoms with Crippen molar-refractivity contribution in [2.24, 2.45) is 11.7 Å². The van der Waals surface area contributed by atoms with E-state index in [-0.39, 0.29) is 24.3 Å². The van der Waals surface area contributed by atoms with E-state index in [9.17, 15) is 14.4 Å². The molecular weight excluding hydrogens is 308 g/mol. The van der Waals surface area contributed by atoms with Crippen molar-refractivity contribution in [2.45, 2.75) is 26.7 Å². The number of anilines is 1. The van der Waals surface area contributed by atoms with Crippen molar-refractivity contribution < 1.29 is 19.3 Å². The van der Waals surface area contributed by atoms with Gasteiger partial charge in [0.15, 0.2) is 6.54 Å². The number of amides is 4. The van der Waals surface area contributed by atoms with Crippen LogP contribution in [0.5, 0.6) is 0 Å². The molecule has 0 spiro atoms. The second-order valence-electron chi connectivity index (χ2n) is 6.42. The minimum Gasteiger partial charge on any atom is -0.369 e. The lowest BCUT2D eigenvalue weighted by atomic mass is 9.96. The fourth-order valence-electron chi connectivity index (χ4n) is 2.99. The number of likely N-dealkylation sites (tertiary alicyclic amines) is 1. The Morgan fingerprint density at radius 3 is 2.46 bits per heavy atom. The predicted octanol–water partition coefficient (Wildman–Crippen LogP) is -0.268. The highest BCUT2D eigenvalue weighted by molar-refractivity contribution is 6.01. The van der Waals surface area contributed by atoms with Crippen molar-refractivity contribution in [3.8, 4) is 0 Å². The Kier molecular flexibility index (Phi) is 5.92. The molecule has 1 aliphatic rings. The molecule has 1 aromatic carbocycles. The van der Waals surface area contributed by atoms with Crippen molar-refractivity contribution in [1.82, 2.24) is 5.32 Å². The van der Waals surface area contributed by atoms with E-state index in [1.165, 1.54) is 0 Å². The van der Waals surface area contributed by atoms with Crippen LogP contribution in [0.15, 0.2) is 18.2 Å².